The van der Waals surface area contributed by atoms with Gasteiger partial charge in [-0.25, -0.2) is 0 Å². The lowest BCUT2D eigenvalue weighted by molar-refractivity contribution is -0.137. The molecule has 148 valence electrons. The van der Waals surface area contributed by atoms with Gasteiger partial charge in [-0.15, -0.1) is 0 Å². The molecule has 2 amide bonds. The Morgan fingerprint density at radius 2 is 1.83 bits per heavy atom. The molecule has 6 nitrogen and oxygen atoms in total. The van der Waals surface area contributed by atoms with Crippen molar-refractivity contribution in [1.29, 1.82) is 5.26 Å². The number of carbonyl (C=O) groups excluding carboxylic acids is 2. The third-order valence-corrected chi connectivity index (χ3v) is 4.60. The quantitative estimate of drug-likeness (QED) is 0.722. The standard InChI is InChI=1S/C19H11F3N2O4S/c1-27-15-8-13(4-2-10(15)6-16-17(25)24-18(26)29-16)28-12-5-3-11(9-23)14(7-12)19(20,21)22/h2-8H,1H3,(H,24,25,26). The predicted octanol–water partition coefficient (Wildman–Crippen LogP) is 4.70. The van der Waals surface area contributed by atoms with Gasteiger partial charge in [0.2, 0.25) is 0 Å². The van der Waals surface area contributed by atoms with Crippen molar-refractivity contribution >= 4 is 29.0 Å². The highest BCUT2D eigenvalue weighted by atomic mass is 32.2. The zero-order valence-corrected chi connectivity index (χ0v) is 15.5. The van der Waals surface area contributed by atoms with Crippen LogP contribution in [0, 0.1) is 11.3 Å². The second-order valence-corrected chi connectivity index (χ2v) is 6.69. The molecule has 0 saturated carbocycles. The molecule has 1 aliphatic heterocycles. The smallest absolute Gasteiger partial charge is 0.417 e. The molecular formula is C19H11F3N2O4S. The summed E-state index contributed by atoms with van der Waals surface area (Å²) in [5.74, 6) is -0.172. The van der Waals surface area contributed by atoms with Crippen LogP contribution in [0.3, 0.4) is 0 Å². The molecule has 0 atom stereocenters. The average Bonchev–Trinajstić information content (AvgIpc) is 2.99. The van der Waals surface area contributed by atoms with Crippen molar-refractivity contribution in [3.05, 3.63) is 58.0 Å². The van der Waals surface area contributed by atoms with Crippen LogP contribution in [0.4, 0.5) is 18.0 Å². The number of halogens is 3. The third kappa shape index (κ3) is 4.52. The number of ether oxygens (including phenoxy) is 2. The van der Waals surface area contributed by atoms with E-state index in [0.717, 1.165) is 23.9 Å². The average molecular weight is 420 g/mol. The number of amides is 2. The summed E-state index contributed by atoms with van der Waals surface area (Å²) in [5.41, 5.74) is -1.13. The van der Waals surface area contributed by atoms with Crippen molar-refractivity contribution < 1.29 is 32.2 Å². The normalized spacial score (nSPS) is 15.2. The van der Waals surface area contributed by atoms with Crippen molar-refractivity contribution in [2.75, 3.05) is 7.11 Å². The fraction of sp³-hybridized carbons (Fsp3) is 0.105. The van der Waals surface area contributed by atoms with Gasteiger partial charge >= 0.3 is 6.18 Å². The van der Waals surface area contributed by atoms with E-state index in [4.69, 9.17) is 14.7 Å². The molecule has 0 radical (unpaired) electrons. The molecule has 3 rings (SSSR count). The lowest BCUT2D eigenvalue weighted by Crippen LogP contribution is -2.17. The minimum absolute atomic E-state index is 0.110. The molecule has 1 saturated heterocycles. The van der Waals surface area contributed by atoms with Gasteiger partial charge in [-0.1, -0.05) is 0 Å². The Bertz CT molecular complexity index is 1070. The lowest BCUT2D eigenvalue weighted by Gasteiger charge is -2.13. The maximum Gasteiger partial charge on any atom is 0.417 e. The summed E-state index contributed by atoms with van der Waals surface area (Å²) < 4.78 is 50.0. The number of carbonyl (C=O) groups is 2. The lowest BCUT2D eigenvalue weighted by atomic mass is 10.1. The molecule has 1 aliphatic rings. The Balaban J connectivity index is 1.90. The molecule has 0 bridgehead atoms. The largest absolute Gasteiger partial charge is 0.496 e. The number of imide groups is 1. The molecular weight excluding hydrogens is 409 g/mol. The highest BCUT2D eigenvalue weighted by Crippen LogP contribution is 2.37. The van der Waals surface area contributed by atoms with Crippen LogP contribution in [-0.2, 0) is 11.0 Å². The first-order chi connectivity index (χ1) is 13.7. The number of benzene rings is 2. The van der Waals surface area contributed by atoms with Crippen LogP contribution in [0.2, 0.25) is 0 Å². The molecule has 2 aromatic rings. The molecule has 0 unspecified atom stereocenters. The fourth-order valence-electron chi connectivity index (χ4n) is 2.49. The SMILES string of the molecule is COc1cc(Oc2ccc(C#N)c(C(F)(F)F)c2)ccc1C=C1SC(=O)NC1=O. The molecule has 1 heterocycles. The molecule has 0 aliphatic carbocycles. The Hall–Kier alpha value is -3.45. The predicted molar refractivity (Wildman–Crippen MR) is 98.3 cm³/mol. The Kier molecular flexibility index (Phi) is 5.52. The van der Waals surface area contributed by atoms with Crippen LogP contribution in [0.15, 0.2) is 41.3 Å². The van der Waals surface area contributed by atoms with E-state index in [1.165, 1.54) is 43.5 Å². The highest BCUT2D eigenvalue weighted by Gasteiger charge is 2.34. The summed E-state index contributed by atoms with van der Waals surface area (Å²) in [6.45, 7) is 0. The summed E-state index contributed by atoms with van der Waals surface area (Å²) >= 11 is 0.744. The maximum atomic E-state index is 13.1. The molecule has 29 heavy (non-hydrogen) atoms. The number of rotatable bonds is 4. The highest BCUT2D eigenvalue weighted by molar-refractivity contribution is 8.18. The van der Waals surface area contributed by atoms with E-state index in [2.05, 4.69) is 5.32 Å². The van der Waals surface area contributed by atoms with Gasteiger partial charge in [0.05, 0.1) is 29.2 Å². The van der Waals surface area contributed by atoms with Gasteiger partial charge < -0.3 is 9.47 Å². The summed E-state index contributed by atoms with van der Waals surface area (Å²) in [4.78, 5) is 23.1. The number of alkyl halides is 3. The number of thioether (sulfide) groups is 1. The van der Waals surface area contributed by atoms with Crippen molar-refractivity contribution in [3.8, 4) is 23.3 Å². The molecule has 0 aromatic heterocycles. The minimum atomic E-state index is -4.70. The van der Waals surface area contributed by atoms with Crippen LogP contribution in [0.1, 0.15) is 16.7 Å². The van der Waals surface area contributed by atoms with E-state index >= 15 is 0 Å². The van der Waals surface area contributed by atoms with E-state index in [0.29, 0.717) is 5.56 Å². The second-order valence-electron chi connectivity index (χ2n) is 5.68. The summed E-state index contributed by atoms with van der Waals surface area (Å²) in [6, 6.07) is 8.96. The second kappa shape index (κ2) is 7.89. The zero-order valence-electron chi connectivity index (χ0n) is 14.7. The van der Waals surface area contributed by atoms with E-state index in [1.54, 1.807) is 0 Å². The molecule has 0 spiro atoms. The van der Waals surface area contributed by atoms with Crippen LogP contribution in [0.5, 0.6) is 17.2 Å². The number of nitriles is 1. The first-order valence-corrected chi connectivity index (χ1v) is 8.75. The van der Waals surface area contributed by atoms with Crippen molar-refractivity contribution in [2.45, 2.75) is 6.18 Å². The number of hydrogen-bond donors (Lipinski definition) is 1. The number of nitrogens with one attached hydrogen (secondary N) is 1. The van der Waals surface area contributed by atoms with Gasteiger partial charge in [-0.05, 0) is 48.2 Å². The van der Waals surface area contributed by atoms with Gasteiger partial charge in [0.25, 0.3) is 11.1 Å². The monoisotopic (exact) mass is 420 g/mol. The van der Waals surface area contributed by atoms with Crippen LogP contribution < -0.4 is 14.8 Å². The van der Waals surface area contributed by atoms with Crippen LogP contribution in [-0.4, -0.2) is 18.3 Å². The van der Waals surface area contributed by atoms with Gasteiger partial charge in [-0.2, -0.15) is 18.4 Å². The number of methoxy groups -OCH3 is 1. The topological polar surface area (TPSA) is 88.4 Å². The third-order valence-electron chi connectivity index (χ3n) is 3.79. The van der Waals surface area contributed by atoms with Crippen LogP contribution >= 0.6 is 11.8 Å². The first kappa shape index (κ1) is 20.3. The van der Waals surface area contributed by atoms with Crippen molar-refractivity contribution in [1.82, 2.24) is 5.32 Å². The minimum Gasteiger partial charge on any atom is -0.496 e. The fourth-order valence-corrected chi connectivity index (χ4v) is 3.16. The number of nitrogens with zero attached hydrogens (tertiary/aromatic N) is 1. The van der Waals surface area contributed by atoms with Gasteiger partial charge in [0.15, 0.2) is 0 Å². The van der Waals surface area contributed by atoms with Gasteiger partial charge in [0, 0.05) is 11.6 Å². The first-order valence-electron chi connectivity index (χ1n) is 7.93. The van der Waals surface area contributed by atoms with E-state index in [1.807, 2.05) is 0 Å². The molecule has 10 heteroatoms. The Labute approximate surface area is 166 Å². The van der Waals surface area contributed by atoms with E-state index < -0.39 is 28.4 Å². The number of hydrogen-bond acceptors (Lipinski definition) is 6. The molecule has 1 N–H and O–H groups in total. The van der Waals surface area contributed by atoms with Crippen molar-refractivity contribution in [2.24, 2.45) is 0 Å². The zero-order chi connectivity index (χ0) is 21.2. The van der Waals surface area contributed by atoms with Crippen molar-refractivity contribution in [3.63, 3.8) is 0 Å². The summed E-state index contributed by atoms with van der Waals surface area (Å²) in [5, 5.41) is 10.5. The van der Waals surface area contributed by atoms with Crippen LogP contribution in [0.25, 0.3) is 6.08 Å². The van der Waals surface area contributed by atoms with Gasteiger partial charge in [-0.3, -0.25) is 14.9 Å². The molecule has 2 aromatic carbocycles. The summed E-state index contributed by atoms with van der Waals surface area (Å²) in [6.07, 6.45) is -3.24. The molecule has 1 fully saturated rings. The maximum absolute atomic E-state index is 13.1. The Morgan fingerprint density at radius 3 is 2.41 bits per heavy atom. The Morgan fingerprint density at radius 1 is 1.14 bits per heavy atom. The van der Waals surface area contributed by atoms with Gasteiger partial charge in [0.1, 0.15) is 17.2 Å². The summed E-state index contributed by atoms with van der Waals surface area (Å²) in [7, 11) is 1.37. The van der Waals surface area contributed by atoms with E-state index in [-0.39, 0.29) is 22.2 Å². The van der Waals surface area contributed by atoms with E-state index in [9.17, 15) is 22.8 Å².